The van der Waals surface area contributed by atoms with Crippen molar-refractivity contribution < 1.29 is 9.21 Å². The Bertz CT molecular complexity index is 907. The smallest absolute Gasteiger partial charge is 0.289 e. The summed E-state index contributed by atoms with van der Waals surface area (Å²) < 4.78 is 7.49. The molecule has 1 saturated heterocycles. The van der Waals surface area contributed by atoms with Gasteiger partial charge in [0.1, 0.15) is 11.5 Å². The number of hydrogen-bond donors (Lipinski definition) is 1. The maximum atomic E-state index is 13.0. The lowest BCUT2D eigenvalue weighted by Crippen LogP contribution is -2.41. The van der Waals surface area contributed by atoms with Gasteiger partial charge in [-0.3, -0.25) is 4.79 Å². The SMILES string of the molecule is C#C/C(=C\C=C/C)n1cc(-c2ccc(C(=O)N(CCC)C3CCNC3)o2)cn1. The van der Waals surface area contributed by atoms with Crippen LogP contribution in [-0.2, 0) is 0 Å². The van der Waals surface area contributed by atoms with Gasteiger partial charge in [0.15, 0.2) is 5.76 Å². The van der Waals surface area contributed by atoms with Crippen LogP contribution in [0.5, 0.6) is 0 Å². The molecule has 6 heteroatoms. The average molecular weight is 378 g/mol. The monoisotopic (exact) mass is 378 g/mol. The average Bonchev–Trinajstić information content (AvgIpc) is 3.47. The zero-order valence-electron chi connectivity index (χ0n) is 16.4. The van der Waals surface area contributed by atoms with Crippen molar-refractivity contribution in [1.82, 2.24) is 20.0 Å². The van der Waals surface area contributed by atoms with E-state index in [0.717, 1.165) is 38.0 Å². The van der Waals surface area contributed by atoms with Gasteiger partial charge in [-0.1, -0.05) is 25.0 Å². The Kier molecular flexibility index (Phi) is 6.51. The number of terminal acetylenes is 1. The lowest BCUT2D eigenvalue weighted by molar-refractivity contribution is 0.0660. The van der Waals surface area contributed by atoms with Gasteiger partial charge in [-0.2, -0.15) is 5.10 Å². The molecule has 146 valence electrons. The molecule has 28 heavy (non-hydrogen) atoms. The molecule has 2 aromatic rings. The van der Waals surface area contributed by atoms with E-state index in [4.69, 9.17) is 10.8 Å². The van der Waals surface area contributed by atoms with E-state index >= 15 is 0 Å². The molecule has 0 saturated carbocycles. The molecule has 3 rings (SSSR count). The number of carbonyl (C=O) groups excluding carboxylic acids is 1. The second-order valence-electron chi connectivity index (χ2n) is 6.70. The largest absolute Gasteiger partial charge is 0.451 e. The molecule has 0 radical (unpaired) electrons. The summed E-state index contributed by atoms with van der Waals surface area (Å²) >= 11 is 0. The summed E-state index contributed by atoms with van der Waals surface area (Å²) in [6, 6.07) is 3.76. The van der Waals surface area contributed by atoms with Gasteiger partial charge < -0.3 is 14.6 Å². The third-order valence-electron chi connectivity index (χ3n) is 4.73. The van der Waals surface area contributed by atoms with Crippen LogP contribution in [0.2, 0.25) is 0 Å². The van der Waals surface area contributed by atoms with Crippen molar-refractivity contribution in [3.63, 3.8) is 0 Å². The highest BCUT2D eigenvalue weighted by molar-refractivity contribution is 5.92. The fourth-order valence-corrected chi connectivity index (χ4v) is 3.31. The lowest BCUT2D eigenvalue weighted by atomic mass is 10.2. The normalized spacial score (nSPS) is 17.2. The molecule has 1 atom stereocenters. The van der Waals surface area contributed by atoms with Gasteiger partial charge >= 0.3 is 0 Å². The number of rotatable bonds is 7. The zero-order chi connectivity index (χ0) is 19.9. The Labute approximate surface area is 165 Å². The van der Waals surface area contributed by atoms with Gasteiger partial charge in [0.25, 0.3) is 5.91 Å². The third kappa shape index (κ3) is 4.26. The van der Waals surface area contributed by atoms with Crippen LogP contribution >= 0.6 is 0 Å². The van der Waals surface area contributed by atoms with Gasteiger partial charge in [-0.25, -0.2) is 4.68 Å². The van der Waals surface area contributed by atoms with Crippen molar-refractivity contribution in [2.24, 2.45) is 0 Å². The first-order valence-electron chi connectivity index (χ1n) is 9.64. The Morgan fingerprint density at radius 1 is 1.54 bits per heavy atom. The minimum Gasteiger partial charge on any atom is -0.451 e. The van der Waals surface area contributed by atoms with E-state index in [1.54, 1.807) is 29.2 Å². The van der Waals surface area contributed by atoms with E-state index in [2.05, 4.69) is 23.3 Å². The predicted octanol–water partition coefficient (Wildman–Crippen LogP) is 3.41. The van der Waals surface area contributed by atoms with Crippen LogP contribution in [0.4, 0.5) is 0 Å². The van der Waals surface area contributed by atoms with Crippen molar-refractivity contribution in [2.45, 2.75) is 32.7 Å². The summed E-state index contributed by atoms with van der Waals surface area (Å²) in [6.45, 7) is 6.50. The quantitative estimate of drug-likeness (QED) is 0.592. The number of nitrogens with zero attached hydrogens (tertiary/aromatic N) is 3. The van der Waals surface area contributed by atoms with E-state index in [1.165, 1.54) is 0 Å². The standard InChI is InChI=1S/C22H26N4O2/c1-4-7-8-18(6-3)26-16-17(14-24-26)20-9-10-21(28-20)22(27)25(13-5-2)19-11-12-23-15-19/h3-4,7-10,14,16,19,23H,5,11-13,15H2,1-2H3/b7-4-,18-8+. The van der Waals surface area contributed by atoms with Crippen molar-refractivity contribution in [2.75, 3.05) is 19.6 Å². The first-order chi connectivity index (χ1) is 13.7. The summed E-state index contributed by atoms with van der Waals surface area (Å²) in [5, 5.41) is 7.63. The minimum absolute atomic E-state index is 0.0634. The Balaban J connectivity index is 1.80. The Morgan fingerprint density at radius 3 is 3.07 bits per heavy atom. The fraction of sp³-hybridized carbons (Fsp3) is 0.364. The summed E-state index contributed by atoms with van der Waals surface area (Å²) in [7, 11) is 0. The van der Waals surface area contributed by atoms with E-state index in [0.29, 0.717) is 17.2 Å². The molecular formula is C22H26N4O2. The summed E-state index contributed by atoms with van der Waals surface area (Å²) in [6.07, 6.45) is 16.5. The molecule has 1 aliphatic heterocycles. The minimum atomic E-state index is -0.0634. The van der Waals surface area contributed by atoms with Crippen molar-refractivity contribution >= 4 is 11.6 Å². The maximum absolute atomic E-state index is 13.0. The molecule has 0 aliphatic carbocycles. The van der Waals surface area contributed by atoms with Gasteiger partial charge in [-0.05, 0) is 44.5 Å². The van der Waals surface area contributed by atoms with Crippen molar-refractivity contribution in [3.8, 4) is 23.7 Å². The fourth-order valence-electron chi connectivity index (χ4n) is 3.31. The molecule has 1 unspecified atom stereocenters. The van der Waals surface area contributed by atoms with Gasteiger partial charge in [0.05, 0.1) is 11.8 Å². The van der Waals surface area contributed by atoms with Crippen LogP contribution < -0.4 is 5.32 Å². The predicted molar refractivity (Wildman–Crippen MR) is 110 cm³/mol. The number of furan rings is 1. The Morgan fingerprint density at radius 2 is 2.39 bits per heavy atom. The molecule has 0 spiro atoms. The molecule has 6 nitrogen and oxygen atoms in total. The van der Waals surface area contributed by atoms with E-state index in [9.17, 15) is 4.79 Å². The molecule has 3 heterocycles. The van der Waals surface area contributed by atoms with Crippen LogP contribution in [0.15, 0.2) is 47.2 Å². The van der Waals surface area contributed by atoms with Gasteiger partial charge in [0.2, 0.25) is 0 Å². The number of aromatic nitrogens is 2. The van der Waals surface area contributed by atoms with Crippen molar-refractivity contribution in [1.29, 1.82) is 0 Å². The first-order valence-corrected chi connectivity index (χ1v) is 9.64. The van der Waals surface area contributed by atoms with Crippen LogP contribution in [0.1, 0.15) is 37.2 Å². The number of hydrogen-bond acceptors (Lipinski definition) is 4. The zero-order valence-corrected chi connectivity index (χ0v) is 16.4. The van der Waals surface area contributed by atoms with Crippen LogP contribution in [-0.4, -0.2) is 46.3 Å². The molecule has 2 aromatic heterocycles. The second kappa shape index (κ2) is 9.25. The second-order valence-corrected chi connectivity index (χ2v) is 6.70. The third-order valence-corrected chi connectivity index (χ3v) is 4.73. The van der Waals surface area contributed by atoms with Crippen LogP contribution in [0, 0.1) is 12.3 Å². The maximum Gasteiger partial charge on any atom is 0.289 e. The number of amides is 1. The number of allylic oxidation sites excluding steroid dienone is 4. The number of nitrogens with one attached hydrogen (secondary N) is 1. The van der Waals surface area contributed by atoms with Crippen LogP contribution in [0.25, 0.3) is 17.0 Å². The van der Waals surface area contributed by atoms with E-state index < -0.39 is 0 Å². The molecule has 1 amide bonds. The number of carbonyl (C=O) groups is 1. The molecule has 0 aromatic carbocycles. The lowest BCUT2D eigenvalue weighted by Gasteiger charge is -2.27. The Hall–Kier alpha value is -3.04. The van der Waals surface area contributed by atoms with E-state index in [1.807, 2.05) is 30.1 Å². The summed E-state index contributed by atoms with van der Waals surface area (Å²) in [4.78, 5) is 14.9. The first kappa shape index (κ1) is 19.7. The summed E-state index contributed by atoms with van der Waals surface area (Å²) in [5.74, 6) is 3.50. The van der Waals surface area contributed by atoms with Crippen LogP contribution in [0.3, 0.4) is 0 Å². The highest BCUT2D eigenvalue weighted by Crippen LogP contribution is 2.24. The summed E-state index contributed by atoms with van der Waals surface area (Å²) in [5.41, 5.74) is 1.39. The molecule has 1 N–H and O–H groups in total. The molecule has 1 aliphatic rings. The van der Waals surface area contributed by atoms with Gasteiger partial charge in [0, 0.05) is 25.3 Å². The molecule has 0 bridgehead atoms. The molecule has 1 fully saturated rings. The van der Waals surface area contributed by atoms with Crippen molar-refractivity contribution in [3.05, 3.63) is 48.5 Å². The topological polar surface area (TPSA) is 63.3 Å². The highest BCUT2D eigenvalue weighted by Gasteiger charge is 2.28. The van der Waals surface area contributed by atoms with E-state index in [-0.39, 0.29) is 11.9 Å². The molecular weight excluding hydrogens is 352 g/mol. The highest BCUT2D eigenvalue weighted by atomic mass is 16.4. The van der Waals surface area contributed by atoms with Gasteiger partial charge in [-0.15, -0.1) is 6.42 Å².